The normalized spacial score (nSPS) is 18.4. The Balaban J connectivity index is 1.93. The van der Waals surface area contributed by atoms with Crippen molar-refractivity contribution in [2.75, 3.05) is 18.4 Å². The average Bonchev–Trinajstić information content (AvgIpc) is 2.58. The topological polar surface area (TPSA) is 75.7 Å². The quantitative estimate of drug-likeness (QED) is 0.806. The Hall–Kier alpha value is -1.79. The number of carbonyl (C=O) groups excluding carboxylic acids is 3. The van der Waals surface area contributed by atoms with E-state index in [9.17, 15) is 14.4 Å². The van der Waals surface area contributed by atoms with E-state index in [0.717, 1.165) is 6.42 Å². The predicted octanol–water partition coefficient (Wildman–Crippen LogP) is 3.12. The number of hydrogen-bond donors (Lipinski definition) is 1. The number of carbonyl (C=O) groups is 3. The van der Waals surface area contributed by atoms with Crippen LogP contribution in [0.1, 0.15) is 26.7 Å². The third-order valence-electron chi connectivity index (χ3n) is 4.05. The lowest BCUT2D eigenvalue weighted by atomic mass is 9.98. The molecule has 2 rings (SSSR count). The second kappa shape index (κ2) is 8.54. The fourth-order valence-electron chi connectivity index (χ4n) is 2.61. The van der Waals surface area contributed by atoms with Crippen molar-refractivity contribution in [2.45, 2.75) is 32.8 Å². The van der Waals surface area contributed by atoms with E-state index in [1.165, 1.54) is 19.9 Å². The smallest absolute Gasteiger partial charge is 0.311 e. The van der Waals surface area contributed by atoms with Gasteiger partial charge in [-0.2, -0.15) is 0 Å². The van der Waals surface area contributed by atoms with Gasteiger partial charge >= 0.3 is 5.97 Å². The lowest BCUT2D eigenvalue weighted by Gasteiger charge is -2.31. The number of nitrogens with one attached hydrogen (secondary N) is 1. The molecular formula is C17H20Cl2N2O4. The first kappa shape index (κ1) is 19.5. The summed E-state index contributed by atoms with van der Waals surface area (Å²) < 4.78 is 5.26. The van der Waals surface area contributed by atoms with Gasteiger partial charge in [-0.05, 0) is 38.0 Å². The molecule has 0 bridgehead atoms. The Morgan fingerprint density at radius 2 is 2.04 bits per heavy atom. The zero-order valence-electron chi connectivity index (χ0n) is 14.1. The van der Waals surface area contributed by atoms with Crippen molar-refractivity contribution in [3.8, 4) is 0 Å². The Bertz CT molecular complexity index is 681. The van der Waals surface area contributed by atoms with Crippen molar-refractivity contribution >= 4 is 46.7 Å². The van der Waals surface area contributed by atoms with Crippen LogP contribution in [-0.4, -0.2) is 41.9 Å². The minimum atomic E-state index is -0.991. The second-order valence-electron chi connectivity index (χ2n) is 6.00. The standard InChI is InChI=1S/C17H20Cl2N2O4/c1-10(16(23)20-15-8-13(18)5-6-14(15)19)25-17(24)12-4-3-7-21(9-12)11(2)22/h5-6,8,10,12H,3-4,7,9H2,1-2H3,(H,20,23)/t10-,12+/m0/s1. The molecule has 1 fully saturated rings. The Morgan fingerprint density at radius 1 is 1.32 bits per heavy atom. The van der Waals surface area contributed by atoms with Crippen molar-refractivity contribution in [3.63, 3.8) is 0 Å². The molecule has 2 amide bonds. The number of amides is 2. The van der Waals surface area contributed by atoms with Gasteiger partial charge in [-0.25, -0.2) is 0 Å². The van der Waals surface area contributed by atoms with Crippen LogP contribution in [0.2, 0.25) is 10.0 Å². The first-order valence-corrected chi connectivity index (χ1v) is 8.75. The van der Waals surface area contributed by atoms with E-state index in [1.54, 1.807) is 17.0 Å². The first-order chi connectivity index (χ1) is 11.8. The third-order valence-corrected chi connectivity index (χ3v) is 4.61. The van der Waals surface area contributed by atoms with Crippen molar-refractivity contribution in [2.24, 2.45) is 5.92 Å². The van der Waals surface area contributed by atoms with E-state index in [-0.39, 0.29) is 5.91 Å². The number of halogens is 2. The molecule has 6 nitrogen and oxygen atoms in total. The van der Waals surface area contributed by atoms with Crippen LogP contribution >= 0.6 is 23.2 Å². The van der Waals surface area contributed by atoms with Gasteiger partial charge in [-0.15, -0.1) is 0 Å². The zero-order valence-corrected chi connectivity index (χ0v) is 15.6. The van der Waals surface area contributed by atoms with Gasteiger partial charge in [0.05, 0.1) is 16.6 Å². The first-order valence-electron chi connectivity index (χ1n) is 8.00. The van der Waals surface area contributed by atoms with Gasteiger partial charge in [-0.1, -0.05) is 23.2 Å². The summed E-state index contributed by atoms with van der Waals surface area (Å²) in [6, 6.07) is 4.68. The van der Waals surface area contributed by atoms with Crippen molar-refractivity contribution in [1.82, 2.24) is 4.90 Å². The Labute approximate surface area is 156 Å². The number of anilines is 1. The van der Waals surface area contributed by atoms with E-state index >= 15 is 0 Å². The predicted molar refractivity (Wildman–Crippen MR) is 95.6 cm³/mol. The van der Waals surface area contributed by atoms with E-state index in [0.29, 0.717) is 35.2 Å². The van der Waals surface area contributed by atoms with Gasteiger partial charge in [0.2, 0.25) is 5.91 Å². The summed E-state index contributed by atoms with van der Waals surface area (Å²) in [7, 11) is 0. The molecule has 0 aliphatic carbocycles. The number of esters is 1. The molecule has 136 valence electrons. The molecule has 1 aromatic carbocycles. The van der Waals surface area contributed by atoms with Crippen LogP contribution < -0.4 is 5.32 Å². The molecule has 1 aliphatic heterocycles. The van der Waals surface area contributed by atoms with Crippen LogP contribution in [0.25, 0.3) is 0 Å². The molecule has 0 unspecified atom stereocenters. The summed E-state index contributed by atoms with van der Waals surface area (Å²) >= 11 is 11.9. The van der Waals surface area contributed by atoms with E-state index in [2.05, 4.69) is 5.32 Å². The van der Waals surface area contributed by atoms with E-state index in [4.69, 9.17) is 27.9 Å². The molecule has 1 aliphatic rings. The Morgan fingerprint density at radius 3 is 2.72 bits per heavy atom. The van der Waals surface area contributed by atoms with Gasteiger partial charge in [-0.3, -0.25) is 14.4 Å². The number of piperidine rings is 1. The van der Waals surface area contributed by atoms with Crippen LogP contribution in [-0.2, 0) is 19.1 Å². The number of likely N-dealkylation sites (tertiary alicyclic amines) is 1. The second-order valence-corrected chi connectivity index (χ2v) is 6.84. The molecule has 0 spiro atoms. The summed E-state index contributed by atoms with van der Waals surface area (Å²) in [5.74, 6) is -1.47. The minimum absolute atomic E-state index is 0.0705. The average molecular weight is 387 g/mol. The molecular weight excluding hydrogens is 367 g/mol. The van der Waals surface area contributed by atoms with Crippen LogP contribution in [0, 0.1) is 5.92 Å². The molecule has 1 N–H and O–H groups in total. The molecule has 0 aromatic heterocycles. The number of hydrogen-bond acceptors (Lipinski definition) is 4. The number of nitrogens with zero attached hydrogens (tertiary/aromatic N) is 1. The van der Waals surface area contributed by atoms with Crippen LogP contribution in [0.15, 0.2) is 18.2 Å². The van der Waals surface area contributed by atoms with E-state index in [1.807, 2.05) is 0 Å². The SMILES string of the molecule is CC(=O)N1CCC[C@@H](C(=O)O[C@@H](C)C(=O)Nc2cc(Cl)ccc2Cl)C1. The zero-order chi connectivity index (χ0) is 18.6. The van der Waals surface area contributed by atoms with Crippen molar-refractivity contribution < 1.29 is 19.1 Å². The van der Waals surface area contributed by atoms with Gasteiger partial charge in [0.1, 0.15) is 0 Å². The monoisotopic (exact) mass is 386 g/mol. The molecule has 1 aromatic rings. The van der Waals surface area contributed by atoms with Gasteiger partial charge in [0.25, 0.3) is 5.91 Å². The van der Waals surface area contributed by atoms with E-state index < -0.39 is 23.9 Å². The summed E-state index contributed by atoms with van der Waals surface area (Å²) in [5.41, 5.74) is 0.350. The highest BCUT2D eigenvalue weighted by molar-refractivity contribution is 6.35. The lowest BCUT2D eigenvalue weighted by Crippen LogP contribution is -2.43. The number of ether oxygens (including phenoxy) is 1. The lowest BCUT2D eigenvalue weighted by molar-refractivity contribution is -0.159. The summed E-state index contributed by atoms with van der Waals surface area (Å²) in [5, 5.41) is 3.35. The van der Waals surface area contributed by atoms with Crippen LogP contribution in [0.4, 0.5) is 5.69 Å². The summed E-state index contributed by atoms with van der Waals surface area (Å²) in [6.45, 7) is 3.92. The van der Waals surface area contributed by atoms with Crippen LogP contribution in [0.3, 0.4) is 0 Å². The highest BCUT2D eigenvalue weighted by atomic mass is 35.5. The van der Waals surface area contributed by atoms with Gasteiger partial charge < -0.3 is 15.0 Å². The highest BCUT2D eigenvalue weighted by Gasteiger charge is 2.30. The maximum atomic E-state index is 12.3. The molecule has 0 radical (unpaired) electrons. The third kappa shape index (κ3) is 5.34. The maximum absolute atomic E-state index is 12.3. The van der Waals surface area contributed by atoms with Crippen molar-refractivity contribution in [3.05, 3.63) is 28.2 Å². The van der Waals surface area contributed by atoms with Crippen molar-refractivity contribution in [1.29, 1.82) is 0 Å². The number of benzene rings is 1. The highest BCUT2D eigenvalue weighted by Crippen LogP contribution is 2.26. The maximum Gasteiger partial charge on any atom is 0.311 e. The fourth-order valence-corrected chi connectivity index (χ4v) is 2.94. The van der Waals surface area contributed by atoms with Gasteiger partial charge in [0, 0.05) is 25.0 Å². The fraction of sp³-hybridized carbons (Fsp3) is 0.471. The minimum Gasteiger partial charge on any atom is -0.452 e. The molecule has 2 atom stereocenters. The molecule has 8 heteroatoms. The molecule has 25 heavy (non-hydrogen) atoms. The Kier molecular flexibility index (Phi) is 6.67. The number of rotatable bonds is 4. The summed E-state index contributed by atoms with van der Waals surface area (Å²) in [4.78, 5) is 37.5. The van der Waals surface area contributed by atoms with Gasteiger partial charge in [0.15, 0.2) is 6.10 Å². The largest absolute Gasteiger partial charge is 0.452 e. The molecule has 0 saturated carbocycles. The van der Waals surface area contributed by atoms with Crippen LogP contribution in [0.5, 0.6) is 0 Å². The molecule has 1 saturated heterocycles. The summed E-state index contributed by atoms with van der Waals surface area (Å²) in [6.07, 6.45) is 0.380. The molecule has 1 heterocycles.